The van der Waals surface area contributed by atoms with Crippen molar-refractivity contribution in [2.75, 3.05) is 0 Å². The molecule has 5 heteroatoms. The first-order valence-corrected chi connectivity index (χ1v) is 21.6. The summed E-state index contributed by atoms with van der Waals surface area (Å²) < 4.78 is 72.5. The van der Waals surface area contributed by atoms with E-state index in [1.807, 2.05) is 48.5 Å². The molecule has 4 aromatic carbocycles. The number of pyridine rings is 2. The van der Waals surface area contributed by atoms with Crippen LogP contribution in [0.15, 0.2) is 128 Å². The zero-order chi connectivity index (χ0) is 37.0. The number of benzene rings is 4. The summed E-state index contributed by atoms with van der Waals surface area (Å²) in [6.07, 6.45) is -0.0433. The molecule has 0 aliphatic heterocycles. The van der Waals surface area contributed by atoms with Gasteiger partial charge in [0.15, 0.2) is 0 Å². The molecule has 6 rings (SSSR count). The van der Waals surface area contributed by atoms with Crippen LogP contribution in [0.5, 0.6) is 0 Å². The van der Waals surface area contributed by atoms with Crippen LogP contribution in [-0.4, -0.2) is 23.2 Å². The fourth-order valence-electron chi connectivity index (χ4n) is 4.53. The van der Waals surface area contributed by atoms with Crippen molar-refractivity contribution in [2.45, 2.75) is 36.9 Å². The first-order chi connectivity index (χ1) is 24.0. The summed E-state index contributed by atoms with van der Waals surface area (Å²) in [7, 11) is 0. The van der Waals surface area contributed by atoms with Crippen LogP contribution in [0.25, 0.3) is 22.5 Å². The van der Waals surface area contributed by atoms with Crippen molar-refractivity contribution in [1.29, 1.82) is 0 Å². The van der Waals surface area contributed by atoms with Crippen LogP contribution in [0, 0.1) is 24.8 Å². The Morgan fingerprint density at radius 3 is 2.07 bits per heavy atom. The third-order valence-electron chi connectivity index (χ3n) is 6.72. The summed E-state index contributed by atoms with van der Waals surface area (Å²) in [5, 5.41) is 0. The quantitative estimate of drug-likeness (QED) is 0.119. The zero-order valence-corrected chi connectivity index (χ0v) is 29.7. The summed E-state index contributed by atoms with van der Waals surface area (Å²) in [6, 6.07) is 38.8. The normalized spacial score (nSPS) is 14.0. The van der Waals surface area contributed by atoms with Gasteiger partial charge in [0.1, 0.15) is 0 Å². The van der Waals surface area contributed by atoms with Gasteiger partial charge in [-0.25, -0.2) is 0 Å². The van der Waals surface area contributed by atoms with E-state index in [9.17, 15) is 4.39 Å². The van der Waals surface area contributed by atoms with Crippen LogP contribution in [0.1, 0.15) is 37.4 Å². The molecule has 0 atom stereocenters. The molecular formula is C40H37FGeIrN2-2. The summed E-state index contributed by atoms with van der Waals surface area (Å²) in [4.78, 5) is 8.72. The van der Waals surface area contributed by atoms with Crippen molar-refractivity contribution in [3.63, 3.8) is 0 Å². The number of aromatic nitrogens is 2. The Hall–Kier alpha value is -3.70. The van der Waals surface area contributed by atoms with Gasteiger partial charge in [0, 0.05) is 29.0 Å². The fourth-order valence-corrected chi connectivity index (χ4v) is 7.46. The second-order valence-electron chi connectivity index (χ2n) is 11.2. The molecule has 0 bridgehead atoms. The molecule has 0 saturated heterocycles. The van der Waals surface area contributed by atoms with Crippen LogP contribution < -0.4 is 4.40 Å². The maximum absolute atomic E-state index is 14.7. The fraction of sp³-hybridized carbons (Fsp3) is 0.150. The third-order valence-corrected chi connectivity index (χ3v) is 10.9. The molecule has 2 nitrogen and oxygen atoms in total. The second kappa shape index (κ2) is 16.0. The SMILES string of the molecule is [2H]C([2H])([2H])c1c[c-]c(-c2cc(C([2H])([2H])c3ccccc3)[c]([Ge]([CH3])([CH3])[CH3])cn2)c(F)c1.[2H]C([2H])(c1ccccc1)c1ccnc(-c2[c-]cccc2)c1.[Ir]. The van der Waals surface area contributed by atoms with Gasteiger partial charge in [-0.1, -0.05) is 36.4 Å². The number of hydrogen-bond acceptors (Lipinski definition) is 2. The number of hydrogen-bond donors (Lipinski definition) is 0. The van der Waals surface area contributed by atoms with Gasteiger partial charge >= 0.3 is 159 Å². The minimum absolute atomic E-state index is 0. The first-order valence-electron chi connectivity index (χ1n) is 17.8. The Kier molecular flexibility index (Phi) is 9.08. The van der Waals surface area contributed by atoms with Gasteiger partial charge in [0.2, 0.25) is 0 Å². The topological polar surface area (TPSA) is 25.8 Å². The zero-order valence-electron chi connectivity index (χ0n) is 32.2. The van der Waals surface area contributed by atoms with Crippen molar-refractivity contribution in [1.82, 2.24) is 9.97 Å². The van der Waals surface area contributed by atoms with E-state index in [0.717, 1.165) is 21.7 Å². The average molecular weight is 837 g/mol. The van der Waals surface area contributed by atoms with Gasteiger partial charge in [0.05, 0.1) is 0 Å². The number of halogens is 1. The molecule has 0 fully saturated rings. The van der Waals surface area contributed by atoms with E-state index in [1.165, 1.54) is 6.07 Å². The molecule has 0 unspecified atom stereocenters. The van der Waals surface area contributed by atoms with Crippen LogP contribution in [-0.2, 0) is 32.9 Å². The van der Waals surface area contributed by atoms with E-state index in [-0.39, 0.29) is 36.9 Å². The molecule has 2 heterocycles. The molecule has 0 aliphatic rings. The Bertz CT molecular complexity index is 2090. The van der Waals surface area contributed by atoms with E-state index < -0.39 is 38.7 Å². The van der Waals surface area contributed by atoms with E-state index >= 15 is 0 Å². The molecule has 0 spiro atoms. The standard InChI is InChI=1S/C22H23FGeN.C18H14N.Ir/c1-16-10-11-19(20(23)12-16)22-14-18(13-17-8-6-5-7-9-17)21(15-25-22)24(2,3)4;1-3-7-15(8-4-1)13-16-11-12-19-18(14-16)17-9-5-2-6-10-17;/h5-10,12,14-15H,13H2,1-4H3;1-9,11-12,14H,13H2;/q2*-1;/i1D3,13D2;13D2;. The van der Waals surface area contributed by atoms with Crippen molar-refractivity contribution >= 4 is 17.7 Å². The van der Waals surface area contributed by atoms with Crippen LogP contribution >= 0.6 is 0 Å². The molecule has 0 aliphatic carbocycles. The molecule has 0 N–H and O–H groups in total. The van der Waals surface area contributed by atoms with Gasteiger partial charge in [0.25, 0.3) is 0 Å². The number of nitrogens with zero attached hydrogens (tertiary/aromatic N) is 2. The summed E-state index contributed by atoms with van der Waals surface area (Å²) in [6.45, 7) is -2.43. The predicted molar refractivity (Wildman–Crippen MR) is 183 cm³/mol. The average Bonchev–Trinajstić information content (AvgIpc) is 3.12. The number of aryl methyl sites for hydroxylation is 1. The van der Waals surface area contributed by atoms with Crippen LogP contribution in [0.4, 0.5) is 4.39 Å². The summed E-state index contributed by atoms with van der Waals surface area (Å²) in [5.74, 6) is 5.71. The van der Waals surface area contributed by atoms with Gasteiger partial charge in [-0.15, -0.1) is 35.9 Å². The smallest absolute Gasteiger partial charge is 0.0365 e. The molecule has 2 aromatic heterocycles. The molecule has 1 radical (unpaired) electrons. The van der Waals surface area contributed by atoms with E-state index in [2.05, 4.69) is 39.4 Å². The Morgan fingerprint density at radius 2 is 1.44 bits per heavy atom. The molecule has 45 heavy (non-hydrogen) atoms. The van der Waals surface area contributed by atoms with Crippen LogP contribution in [0.3, 0.4) is 0 Å². The Labute approximate surface area is 293 Å². The van der Waals surface area contributed by atoms with Gasteiger partial charge in [-0.2, -0.15) is 0 Å². The molecule has 229 valence electrons. The molecule has 6 aromatic rings. The molecular weight excluding hydrogens is 792 g/mol. The van der Waals surface area contributed by atoms with Crippen molar-refractivity contribution in [2.24, 2.45) is 0 Å². The van der Waals surface area contributed by atoms with Crippen LogP contribution in [0.2, 0.25) is 17.3 Å². The van der Waals surface area contributed by atoms with Gasteiger partial charge in [-0.3, -0.25) is 0 Å². The van der Waals surface area contributed by atoms with Gasteiger partial charge in [-0.05, 0) is 29.3 Å². The Morgan fingerprint density at radius 1 is 0.756 bits per heavy atom. The maximum atomic E-state index is 14.7. The first kappa shape index (κ1) is 25.5. The van der Waals surface area contributed by atoms with Crippen molar-refractivity contribution in [3.05, 3.63) is 173 Å². The summed E-state index contributed by atoms with van der Waals surface area (Å²) in [5.41, 5.74) is 3.93. The Balaban J connectivity index is 0.000000242. The summed E-state index contributed by atoms with van der Waals surface area (Å²) >= 11 is -2.53. The third kappa shape index (κ3) is 9.64. The van der Waals surface area contributed by atoms with Crippen molar-refractivity contribution < 1.29 is 34.1 Å². The van der Waals surface area contributed by atoms with E-state index in [0.29, 0.717) is 22.3 Å². The predicted octanol–water partition coefficient (Wildman–Crippen LogP) is 9.27. The monoisotopic (exact) mass is 838 g/mol. The molecule has 0 amide bonds. The minimum Gasteiger partial charge on any atom is -0.305 e. The second-order valence-corrected chi connectivity index (χ2v) is 21.7. The number of rotatable bonds is 7. The largest absolute Gasteiger partial charge is 0.305 e. The maximum Gasteiger partial charge on any atom is 0.0365 e. The van der Waals surface area contributed by atoms with E-state index in [1.54, 1.807) is 67.0 Å². The van der Waals surface area contributed by atoms with Gasteiger partial charge < -0.3 is 4.98 Å². The van der Waals surface area contributed by atoms with Crippen molar-refractivity contribution in [3.8, 4) is 22.5 Å². The minimum atomic E-state index is -2.53. The van der Waals surface area contributed by atoms with E-state index in [4.69, 9.17) is 9.60 Å². The molecule has 0 saturated carbocycles.